The monoisotopic (exact) mass is 176 g/mol. The maximum Gasteiger partial charge on any atom is 0.123 e. The second-order valence-electron chi connectivity index (χ2n) is 2.92. The van der Waals surface area contributed by atoms with Gasteiger partial charge in [-0.1, -0.05) is 30.9 Å². The van der Waals surface area contributed by atoms with Crippen molar-refractivity contribution in [3.8, 4) is 0 Å². The zero-order chi connectivity index (χ0) is 9.52. The van der Waals surface area contributed by atoms with E-state index in [-0.39, 0.29) is 0 Å². The Labute approximate surface area is 79.8 Å². The predicted molar refractivity (Wildman–Crippen MR) is 58.0 cm³/mol. The van der Waals surface area contributed by atoms with E-state index in [0.717, 1.165) is 18.8 Å². The number of nitrogens with zero attached hydrogens (tertiary/aromatic N) is 1. The number of aliphatic imine (C=N–C) groups is 1. The molecule has 2 nitrogen and oxygen atoms in total. The van der Waals surface area contributed by atoms with Crippen LogP contribution in [0.1, 0.15) is 12.8 Å². The number of piperidine rings is 1. The number of nitrogens with one attached hydrogen (secondary N) is 1. The zero-order valence-electron chi connectivity index (χ0n) is 8.09. The average molecular weight is 176 g/mol. The first-order valence-corrected chi connectivity index (χ1v) is 4.57. The van der Waals surface area contributed by atoms with Crippen molar-refractivity contribution in [2.75, 3.05) is 13.6 Å². The Bertz CT molecular complexity index is 259. The highest BCUT2D eigenvalue weighted by Crippen LogP contribution is 2.10. The number of allylic oxidation sites excluding steroid dienone is 4. The topological polar surface area (TPSA) is 24.4 Å². The molecular formula is C11H16N2. The van der Waals surface area contributed by atoms with Gasteiger partial charge in [-0.25, -0.2) is 0 Å². The van der Waals surface area contributed by atoms with E-state index in [4.69, 9.17) is 0 Å². The number of rotatable bonds is 2. The lowest BCUT2D eigenvalue weighted by Gasteiger charge is -2.18. The van der Waals surface area contributed by atoms with Crippen LogP contribution >= 0.6 is 0 Å². The van der Waals surface area contributed by atoms with E-state index < -0.39 is 0 Å². The Morgan fingerprint density at radius 2 is 2.31 bits per heavy atom. The maximum absolute atomic E-state index is 4.19. The Kier molecular flexibility index (Phi) is 4.03. The number of hydrogen-bond donors (Lipinski definition) is 1. The number of hydrogen-bond acceptors (Lipinski definition) is 1. The molecule has 0 aromatic carbocycles. The molecule has 0 spiro atoms. The Hall–Kier alpha value is -1.31. The summed E-state index contributed by atoms with van der Waals surface area (Å²) in [4.78, 5) is 4.19. The van der Waals surface area contributed by atoms with Gasteiger partial charge < -0.3 is 5.32 Å². The molecule has 0 bridgehead atoms. The summed E-state index contributed by atoms with van der Waals surface area (Å²) < 4.78 is 0. The van der Waals surface area contributed by atoms with Crippen LogP contribution in [-0.4, -0.2) is 19.4 Å². The van der Waals surface area contributed by atoms with Crippen LogP contribution in [0.2, 0.25) is 0 Å². The van der Waals surface area contributed by atoms with E-state index in [1.54, 1.807) is 6.08 Å². The minimum atomic E-state index is 1.03. The van der Waals surface area contributed by atoms with Crippen LogP contribution in [0.3, 0.4) is 0 Å². The first-order valence-electron chi connectivity index (χ1n) is 4.57. The summed E-state index contributed by atoms with van der Waals surface area (Å²) in [7, 11) is 1.82. The summed E-state index contributed by atoms with van der Waals surface area (Å²) in [5, 5.41) is 3.27. The molecule has 0 radical (unpaired) electrons. The predicted octanol–water partition coefficient (Wildman–Crippen LogP) is 2.07. The fraction of sp³-hybridized carbons (Fsp3) is 0.364. The van der Waals surface area contributed by atoms with E-state index in [2.05, 4.69) is 23.0 Å². The molecule has 0 atom stereocenters. The van der Waals surface area contributed by atoms with Gasteiger partial charge in [-0.05, 0) is 18.4 Å². The lowest BCUT2D eigenvalue weighted by atomic mass is 10.0. The molecule has 1 fully saturated rings. The van der Waals surface area contributed by atoms with Gasteiger partial charge in [-0.15, -0.1) is 0 Å². The standard InChI is InChI=1S/C11H16N2/c1-3-4-5-7-10-8-6-9-13-11(10)12-2/h3-5,7H,1,6,8-9H2,2H3,(H,12,13)/b5-4+,10-7-. The van der Waals surface area contributed by atoms with Gasteiger partial charge in [0.1, 0.15) is 5.84 Å². The summed E-state index contributed by atoms with van der Waals surface area (Å²) >= 11 is 0. The lowest BCUT2D eigenvalue weighted by Crippen LogP contribution is -2.30. The van der Waals surface area contributed by atoms with Gasteiger partial charge in [0.15, 0.2) is 0 Å². The van der Waals surface area contributed by atoms with E-state index in [0.29, 0.717) is 0 Å². The van der Waals surface area contributed by atoms with Crippen molar-refractivity contribution in [2.45, 2.75) is 12.8 Å². The van der Waals surface area contributed by atoms with Crippen molar-refractivity contribution in [3.63, 3.8) is 0 Å². The molecule has 1 rings (SSSR count). The van der Waals surface area contributed by atoms with Gasteiger partial charge in [0.05, 0.1) is 0 Å². The van der Waals surface area contributed by atoms with Crippen molar-refractivity contribution in [1.29, 1.82) is 0 Å². The molecule has 70 valence electrons. The maximum atomic E-state index is 4.19. The molecular weight excluding hydrogens is 160 g/mol. The molecule has 1 aliphatic rings. The molecule has 1 heterocycles. The lowest BCUT2D eigenvalue weighted by molar-refractivity contribution is 0.736. The third-order valence-electron chi connectivity index (χ3n) is 1.99. The van der Waals surface area contributed by atoms with Crippen LogP contribution in [0.15, 0.2) is 41.4 Å². The highest BCUT2D eigenvalue weighted by Gasteiger charge is 2.09. The Morgan fingerprint density at radius 1 is 1.46 bits per heavy atom. The van der Waals surface area contributed by atoms with Gasteiger partial charge in [-0.3, -0.25) is 4.99 Å². The van der Waals surface area contributed by atoms with Gasteiger partial charge in [0.25, 0.3) is 0 Å². The summed E-state index contributed by atoms with van der Waals surface area (Å²) in [6, 6.07) is 0. The van der Waals surface area contributed by atoms with Crippen molar-refractivity contribution in [3.05, 3.63) is 36.5 Å². The smallest absolute Gasteiger partial charge is 0.123 e. The largest absolute Gasteiger partial charge is 0.370 e. The van der Waals surface area contributed by atoms with Crippen LogP contribution < -0.4 is 5.32 Å². The SMILES string of the molecule is C=C/C=C/C=C1/CCCNC1=NC. The van der Waals surface area contributed by atoms with E-state index in [1.807, 2.05) is 19.2 Å². The first kappa shape index (κ1) is 9.78. The van der Waals surface area contributed by atoms with E-state index in [1.165, 1.54) is 12.0 Å². The Balaban J connectivity index is 2.69. The summed E-state index contributed by atoms with van der Waals surface area (Å²) in [6.07, 6.45) is 10.1. The summed E-state index contributed by atoms with van der Waals surface area (Å²) in [5.74, 6) is 1.03. The van der Waals surface area contributed by atoms with Crippen LogP contribution in [0.5, 0.6) is 0 Å². The molecule has 0 aliphatic carbocycles. The molecule has 0 saturated carbocycles. The second-order valence-corrected chi connectivity index (χ2v) is 2.92. The molecule has 0 aromatic rings. The molecule has 1 saturated heterocycles. The third kappa shape index (κ3) is 2.90. The van der Waals surface area contributed by atoms with Crippen LogP contribution in [0, 0.1) is 0 Å². The molecule has 2 heteroatoms. The summed E-state index contributed by atoms with van der Waals surface area (Å²) in [6.45, 7) is 4.66. The third-order valence-corrected chi connectivity index (χ3v) is 1.99. The van der Waals surface area contributed by atoms with E-state index in [9.17, 15) is 0 Å². The van der Waals surface area contributed by atoms with Gasteiger partial charge >= 0.3 is 0 Å². The van der Waals surface area contributed by atoms with Crippen molar-refractivity contribution in [2.24, 2.45) is 4.99 Å². The van der Waals surface area contributed by atoms with Crippen molar-refractivity contribution >= 4 is 5.84 Å². The van der Waals surface area contributed by atoms with Crippen LogP contribution in [-0.2, 0) is 0 Å². The molecule has 1 N–H and O–H groups in total. The second kappa shape index (κ2) is 5.36. The fourth-order valence-corrected chi connectivity index (χ4v) is 1.35. The van der Waals surface area contributed by atoms with Crippen LogP contribution in [0.4, 0.5) is 0 Å². The fourth-order valence-electron chi connectivity index (χ4n) is 1.35. The molecule has 0 unspecified atom stereocenters. The van der Waals surface area contributed by atoms with Gasteiger partial charge in [-0.2, -0.15) is 0 Å². The average Bonchev–Trinajstić information content (AvgIpc) is 2.19. The molecule has 0 amide bonds. The highest BCUT2D eigenvalue weighted by molar-refractivity contribution is 5.99. The van der Waals surface area contributed by atoms with Gasteiger partial charge in [0.2, 0.25) is 0 Å². The minimum Gasteiger partial charge on any atom is -0.370 e. The van der Waals surface area contributed by atoms with Gasteiger partial charge in [0, 0.05) is 13.6 Å². The summed E-state index contributed by atoms with van der Waals surface area (Å²) in [5.41, 5.74) is 1.28. The number of amidine groups is 1. The highest BCUT2D eigenvalue weighted by atomic mass is 15.0. The van der Waals surface area contributed by atoms with E-state index >= 15 is 0 Å². The molecule has 13 heavy (non-hydrogen) atoms. The van der Waals surface area contributed by atoms with Crippen LogP contribution in [0.25, 0.3) is 0 Å². The first-order chi connectivity index (χ1) is 6.38. The molecule has 0 aromatic heterocycles. The molecule has 1 aliphatic heterocycles. The minimum absolute atomic E-state index is 1.03. The van der Waals surface area contributed by atoms with Crippen molar-refractivity contribution < 1.29 is 0 Å². The Morgan fingerprint density at radius 3 is 3.00 bits per heavy atom. The van der Waals surface area contributed by atoms with Crippen molar-refractivity contribution in [1.82, 2.24) is 5.32 Å². The normalized spacial score (nSPS) is 23.8. The quantitative estimate of drug-likeness (QED) is 0.640. The zero-order valence-corrected chi connectivity index (χ0v) is 8.09.